The summed E-state index contributed by atoms with van der Waals surface area (Å²) in [6, 6.07) is 13.0. The molecule has 25 heavy (non-hydrogen) atoms. The largest absolute Gasteiger partial charge is 0.489 e. The zero-order valence-electron chi connectivity index (χ0n) is 13.7. The van der Waals surface area contributed by atoms with Crippen molar-refractivity contribution in [3.63, 3.8) is 0 Å². The van der Waals surface area contributed by atoms with Crippen LogP contribution in [0.4, 0.5) is 4.39 Å². The van der Waals surface area contributed by atoms with Gasteiger partial charge in [-0.3, -0.25) is 9.59 Å². The zero-order chi connectivity index (χ0) is 17.8. The van der Waals surface area contributed by atoms with E-state index in [0.717, 1.165) is 5.56 Å². The highest BCUT2D eigenvalue weighted by atomic mass is 19.1. The van der Waals surface area contributed by atoms with Crippen molar-refractivity contribution in [1.29, 1.82) is 0 Å². The van der Waals surface area contributed by atoms with Gasteiger partial charge < -0.3 is 15.4 Å². The van der Waals surface area contributed by atoms with Gasteiger partial charge in [-0.05, 0) is 36.2 Å². The quantitative estimate of drug-likeness (QED) is 0.906. The van der Waals surface area contributed by atoms with Crippen LogP contribution in [-0.2, 0) is 11.4 Å². The van der Waals surface area contributed by atoms with Gasteiger partial charge in [-0.1, -0.05) is 18.2 Å². The van der Waals surface area contributed by atoms with Gasteiger partial charge in [0.1, 0.15) is 18.2 Å². The molecule has 0 bridgehead atoms. The van der Waals surface area contributed by atoms with Crippen LogP contribution in [0.25, 0.3) is 0 Å². The molecular weight excluding hydrogens is 323 g/mol. The minimum Gasteiger partial charge on any atom is -0.489 e. The van der Waals surface area contributed by atoms with E-state index >= 15 is 0 Å². The van der Waals surface area contributed by atoms with Crippen LogP contribution in [0.5, 0.6) is 5.75 Å². The molecule has 2 N–H and O–H groups in total. The Morgan fingerprint density at radius 2 is 2.00 bits per heavy atom. The molecule has 1 fully saturated rings. The van der Waals surface area contributed by atoms with Gasteiger partial charge in [-0.2, -0.15) is 0 Å². The van der Waals surface area contributed by atoms with Crippen LogP contribution in [0.2, 0.25) is 0 Å². The van der Waals surface area contributed by atoms with Gasteiger partial charge in [-0.15, -0.1) is 0 Å². The fourth-order valence-corrected chi connectivity index (χ4v) is 2.88. The molecule has 3 rings (SSSR count). The van der Waals surface area contributed by atoms with E-state index in [4.69, 9.17) is 10.5 Å². The Bertz CT molecular complexity index is 794. The van der Waals surface area contributed by atoms with E-state index in [1.807, 2.05) is 6.07 Å². The highest BCUT2D eigenvalue weighted by molar-refractivity contribution is 5.95. The van der Waals surface area contributed by atoms with Gasteiger partial charge in [0, 0.05) is 24.7 Å². The number of carbonyl (C=O) groups excluding carboxylic acids is 2. The molecule has 0 unspecified atom stereocenters. The number of amides is 2. The molecule has 5 nitrogen and oxygen atoms in total. The number of nitrogens with two attached hydrogens (primary N) is 1. The van der Waals surface area contributed by atoms with Crippen LogP contribution in [0.1, 0.15) is 22.3 Å². The lowest BCUT2D eigenvalue weighted by Gasteiger charge is -2.16. The molecule has 0 aromatic heterocycles. The second-order valence-corrected chi connectivity index (χ2v) is 6.09. The molecule has 1 aliphatic heterocycles. The lowest BCUT2D eigenvalue weighted by Crippen LogP contribution is -2.31. The van der Waals surface area contributed by atoms with Gasteiger partial charge >= 0.3 is 0 Å². The third-order valence-electron chi connectivity index (χ3n) is 4.25. The number of nitrogens with zero attached hydrogens (tertiary/aromatic N) is 1. The van der Waals surface area contributed by atoms with Gasteiger partial charge in [0.25, 0.3) is 5.91 Å². The molecule has 0 radical (unpaired) electrons. The number of ether oxygens (including phenoxy) is 1. The van der Waals surface area contributed by atoms with Gasteiger partial charge in [0.2, 0.25) is 5.91 Å². The van der Waals surface area contributed by atoms with Gasteiger partial charge in [0.15, 0.2) is 0 Å². The van der Waals surface area contributed by atoms with Crippen LogP contribution in [0.15, 0.2) is 48.5 Å². The number of benzene rings is 2. The summed E-state index contributed by atoms with van der Waals surface area (Å²) in [6.07, 6.45) is 0.601. The number of likely N-dealkylation sites (tertiary alicyclic amines) is 1. The number of hydrogen-bond acceptors (Lipinski definition) is 3. The van der Waals surface area contributed by atoms with Crippen molar-refractivity contribution in [2.45, 2.75) is 13.0 Å². The Labute approximate surface area is 145 Å². The van der Waals surface area contributed by atoms with Gasteiger partial charge in [-0.25, -0.2) is 4.39 Å². The van der Waals surface area contributed by atoms with Crippen LogP contribution in [-0.4, -0.2) is 29.8 Å². The molecule has 1 aliphatic rings. The third-order valence-corrected chi connectivity index (χ3v) is 4.25. The molecular formula is C19H19FN2O3. The smallest absolute Gasteiger partial charge is 0.253 e. The Balaban J connectivity index is 1.65. The second kappa shape index (κ2) is 7.34. The van der Waals surface area contributed by atoms with E-state index in [-0.39, 0.29) is 30.2 Å². The Morgan fingerprint density at radius 3 is 2.72 bits per heavy atom. The molecule has 1 saturated heterocycles. The predicted octanol–water partition coefficient (Wildman–Crippen LogP) is 2.35. The summed E-state index contributed by atoms with van der Waals surface area (Å²) >= 11 is 0. The van der Waals surface area contributed by atoms with Gasteiger partial charge in [0.05, 0.1) is 5.92 Å². The average molecular weight is 342 g/mol. The fraction of sp³-hybridized carbons (Fsp3) is 0.263. The number of halogens is 1. The highest BCUT2D eigenvalue weighted by Gasteiger charge is 2.30. The SMILES string of the molecule is NC(=O)[C@H]1CCN(C(=O)c2cccc(COc3cccc(F)c3)c2)C1. The topological polar surface area (TPSA) is 72.6 Å². The summed E-state index contributed by atoms with van der Waals surface area (Å²) in [6.45, 7) is 1.11. The highest BCUT2D eigenvalue weighted by Crippen LogP contribution is 2.20. The molecule has 1 heterocycles. The molecule has 0 aliphatic carbocycles. The lowest BCUT2D eigenvalue weighted by atomic mass is 10.1. The Hall–Kier alpha value is -2.89. The first-order valence-electron chi connectivity index (χ1n) is 8.09. The first kappa shape index (κ1) is 17.0. The summed E-state index contributed by atoms with van der Waals surface area (Å²) in [4.78, 5) is 25.5. The number of carbonyl (C=O) groups is 2. The van der Waals surface area contributed by atoms with Crippen molar-refractivity contribution in [2.24, 2.45) is 11.7 Å². The molecule has 6 heteroatoms. The molecule has 2 aromatic carbocycles. The summed E-state index contributed by atoms with van der Waals surface area (Å²) in [5.41, 5.74) is 6.65. The standard InChI is InChI=1S/C19H19FN2O3/c20-16-5-2-6-17(10-16)25-12-13-3-1-4-14(9-13)19(24)22-8-7-15(11-22)18(21)23/h1-6,9-10,15H,7-8,11-12H2,(H2,21,23)/t15-/m0/s1. The predicted molar refractivity (Wildman–Crippen MR) is 90.4 cm³/mol. The number of primary amides is 1. The van der Waals surface area contributed by atoms with Crippen molar-refractivity contribution in [2.75, 3.05) is 13.1 Å². The Kier molecular flexibility index (Phi) is 4.97. The molecule has 130 valence electrons. The Morgan fingerprint density at radius 1 is 1.20 bits per heavy atom. The van der Waals surface area contributed by atoms with E-state index in [1.54, 1.807) is 35.2 Å². The summed E-state index contributed by atoms with van der Waals surface area (Å²) < 4.78 is 18.7. The average Bonchev–Trinajstić information content (AvgIpc) is 3.10. The van der Waals surface area contributed by atoms with Crippen molar-refractivity contribution < 1.29 is 18.7 Å². The molecule has 1 atom stereocenters. The maximum absolute atomic E-state index is 13.2. The molecule has 2 amide bonds. The fourth-order valence-electron chi connectivity index (χ4n) is 2.88. The summed E-state index contributed by atoms with van der Waals surface area (Å²) in [5, 5.41) is 0. The van der Waals surface area contributed by atoms with Crippen molar-refractivity contribution >= 4 is 11.8 Å². The van der Waals surface area contributed by atoms with E-state index in [0.29, 0.717) is 30.8 Å². The van der Waals surface area contributed by atoms with Crippen LogP contribution in [0, 0.1) is 11.7 Å². The van der Waals surface area contributed by atoms with Crippen molar-refractivity contribution in [1.82, 2.24) is 4.90 Å². The number of hydrogen-bond donors (Lipinski definition) is 1. The second-order valence-electron chi connectivity index (χ2n) is 6.09. The monoisotopic (exact) mass is 342 g/mol. The molecule has 0 saturated carbocycles. The van der Waals surface area contributed by atoms with Crippen molar-refractivity contribution in [3.05, 3.63) is 65.5 Å². The number of rotatable bonds is 5. The minimum absolute atomic E-state index is 0.128. The van der Waals surface area contributed by atoms with E-state index in [1.165, 1.54) is 12.1 Å². The molecule has 2 aromatic rings. The summed E-state index contributed by atoms with van der Waals surface area (Å²) in [5.74, 6) is -0.701. The third kappa shape index (κ3) is 4.15. The first-order valence-corrected chi connectivity index (χ1v) is 8.09. The van der Waals surface area contributed by atoms with Crippen LogP contribution in [0.3, 0.4) is 0 Å². The molecule has 0 spiro atoms. The maximum Gasteiger partial charge on any atom is 0.253 e. The minimum atomic E-state index is -0.368. The maximum atomic E-state index is 13.2. The van der Waals surface area contributed by atoms with Crippen LogP contribution >= 0.6 is 0 Å². The first-order chi connectivity index (χ1) is 12.0. The normalized spacial score (nSPS) is 16.7. The zero-order valence-corrected chi connectivity index (χ0v) is 13.7. The van der Waals surface area contributed by atoms with Crippen LogP contribution < -0.4 is 10.5 Å². The van der Waals surface area contributed by atoms with E-state index < -0.39 is 0 Å². The lowest BCUT2D eigenvalue weighted by molar-refractivity contribution is -0.121. The van der Waals surface area contributed by atoms with E-state index in [2.05, 4.69) is 0 Å². The summed E-state index contributed by atoms with van der Waals surface area (Å²) in [7, 11) is 0. The van der Waals surface area contributed by atoms with Crippen molar-refractivity contribution in [3.8, 4) is 5.75 Å². The van der Waals surface area contributed by atoms with E-state index in [9.17, 15) is 14.0 Å².